The molecule has 0 saturated carbocycles. The Hall–Kier alpha value is -2.86. The maximum absolute atomic E-state index is 12.3. The Morgan fingerprint density at radius 3 is 2.44 bits per heavy atom. The van der Waals surface area contributed by atoms with Gasteiger partial charge in [0.1, 0.15) is 5.75 Å². The monoisotopic (exact) mass is 370 g/mol. The second-order valence-corrected chi connectivity index (χ2v) is 6.00. The zero-order valence-electron chi connectivity index (χ0n) is 15.8. The molecular weight excluding hydrogens is 344 g/mol. The molecule has 0 aliphatic heterocycles. The highest BCUT2D eigenvalue weighted by Gasteiger charge is 2.15. The van der Waals surface area contributed by atoms with Crippen molar-refractivity contribution in [2.24, 2.45) is 0 Å². The standard InChI is InChI=1S/C21H26N2O4/c1-3-27-21(25)16-23(15-17-9-5-4-6-10-17)14-13-20(24)22-18-11-7-8-12-19(18)26-2/h4-12H,3,13-16H2,1-2H3,(H,22,24). The lowest BCUT2D eigenvalue weighted by atomic mass is 10.2. The summed E-state index contributed by atoms with van der Waals surface area (Å²) in [6, 6.07) is 17.1. The van der Waals surface area contributed by atoms with Gasteiger partial charge in [0.25, 0.3) is 0 Å². The summed E-state index contributed by atoms with van der Waals surface area (Å²) in [5.74, 6) is 0.179. The quantitative estimate of drug-likeness (QED) is 0.651. The van der Waals surface area contributed by atoms with E-state index in [1.807, 2.05) is 47.4 Å². The maximum Gasteiger partial charge on any atom is 0.320 e. The lowest BCUT2D eigenvalue weighted by Crippen LogP contribution is -2.33. The van der Waals surface area contributed by atoms with Gasteiger partial charge in [0.05, 0.1) is 25.9 Å². The second-order valence-electron chi connectivity index (χ2n) is 6.00. The summed E-state index contributed by atoms with van der Waals surface area (Å²) in [5.41, 5.74) is 1.71. The van der Waals surface area contributed by atoms with Gasteiger partial charge in [0.2, 0.25) is 5.91 Å². The van der Waals surface area contributed by atoms with E-state index in [0.29, 0.717) is 31.1 Å². The smallest absolute Gasteiger partial charge is 0.320 e. The molecule has 6 heteroatoms. The Bertz CT molecular complexity index is 734. The summed E-state index contributed by atoms with van der Waals surface area (Å²) in [4.78, 5) is 26.1. The molecule has 0 atom stereocenters. The summed E-state index contributed by atoms with van der Waals surface area (Å²) < 4.78 is 10.3. The van der Waals surface area contributed by atoms with Crippen molar-refractivity contribution in [1.82, 2.24) is 4.90 Å². The number of hydrogen-bond donors (Lipinski definition) is 1. The molecule has 0 aliphatic carbocycles. The van der Waals surface area contributed by atoms with Crippen LogP contribution in [-0.2, 0) is 20.9 Å². The number of carbonyl (C=O) groups excluding carboxylic acids is 2. The van der Waals surface area contributed by atoms with Crippen LogP contribution in [0, 0.1) is 0 Å². The molecule has 1 N–H and O–H groups in total. The van der Waals surface area contributed by atoms with E-state index in [1.165, 1.54) is 0 Å². The lowest BCUT2D eigenvalue weighted by molar-refractivity contribution is -0.144. The van der Waals surface area contributed by atoms with Crippen LogP contribution in [0.4, 0.5) is 5.69 Å². The van der Waals surface area contributed by atoms with Gasteiger partial charge in [-0.2, -0.15) is 0 Å². The van der Waals surface area contributed by atoms with Crippen LogP contribution in [-0.4, -0.2) is 43.6 Å². The van der Waals surface area contributed by atoms with E-state index in [9.17, 15) is 9.59 Å². The molecule has 6 nitrogen and oxygen atoms in total. The first-order chi connectivity index (χ1) is 13.1. The highest BCUT2D eigenvalue weighted by Crippen LogP contribution is 2.23. The van der Waals surface area contributed by atoms with Gasteiger partial charge in [-0.3, -0.25) is 14.5 Å². The number of amides is 1. The number of nitrogens with one attached hydrogen (secondary N) is 1. The molecule has 0 heterocycles. The molecule has 0 radical (unpaired) electrons. The van der Waals surface area contributed by atoms with Gasteiger partial charge in [0.15, 0.2) is 0 Å². The van der Waals surface area contributed by atoms with E-state index in [-0.39, 0.29) is 24.8 Å². The number of esters is 1. The third-order valence-electron chi connectivity index (χ3n) is 3.94. The van der Waals surface area contributed by atoms with Crippen molar-refractivity contribution < 1.29 is 19.1 Å². The Kier molecular flexibility index (Phi) is 8.32. The molecule has 0 aromatic heterocycles. The normalized spacial score (nSPS) is 10.5. The number of rotatable bonds is 10. The van der Waals surface area contributed by atoms with Gasteiger partial charge >= 0.3 is 5.97 Å². The zero-order chi connectivity index (χ0) is 19.5. The van der Waals surface area contributed by atoms with Crippen LogP contribution in [0.15, 0.2) is 54.6 Å². The minimum absolute atomic E-state index is 0.138. The van der Waals surface area contributed by atoms with Crippen molar-refractivity contribution in [3.63, 3.8) is 0 Å². The SMILES string of the molecule is CCOC(=O)CN(CCC(=O)Nc1ccccc1OC)Cc1ccccc1. The third kappa shape index (κ3) is 7.11. The third-order valence-corrected chi connectivity index (χ3v) is 3.94. The summed E-state index contributed by atoms with van der Waals surface area (Å²) in [7, 11) is 1.56. The molecule has 0 fully saturated rings. The largest absolute Gasteiger partial charge is 0.495 e. The predicted molar refractivity (Wildman–Crippen MR) is 105 cm³/mol. The van der Waals surface area contributed by atoms with Crippen LogP contribution in [0.1, 0.15) is 18.9 Å². The first-order valence-corrected chi connectivity index (χ1v) is 8.97. The minimum Gasteiger partial charge on any atom is -0.495 e. The topological polar surface area (TPSA) is 67.9 Å². The molecular formula is C21H26N2O4. The summed E-state index contributed by atoms with van der Waals surface area (Å²) in [6.45, 7) is 3.27. The minimum atomic E-state index is -0.293. The predicted octanol–water partition coefficient (Wildman–Crippen LogP) is 3.09. The fourth-order valence-corrected chi connectivity index (χ4v) is 2.67. The van der Waals surface area contributed by atoms with Crippen LogP contribution in [0.2, 0.25) is 0 Å². The first-order valence-electron chi connectivity index (χ1n) is 8.97. The molecule has 1 amide bonds. The van der Waals surface area contributed by atoms with E-state index in [2.05, 4.69) is 5.32 Å². The first kappa shape index (κ1) is 20.5. The van der Waals surface area contributed by atoms with Crippen molar-refractivity contribution in [2.45, 2.75) is 19.9 Å². The highest BCUT2D eigenvalue weighted by molar-refractivity contribution is 5.92. The molecule has 0 saturated heterocycles. The number of anilines is 1. The van der Waals surface area contributed by atoms with Crippen LogP contribution in [0.25, 0.3) is 0 Å². The summed E-state index contributed by atoms with van der Waals surface area (Å²) in [5, 5.41) is 2.85. The van der Waals surface area contributed by atoms with E-state index in [0.717, 1.165) is 5.56 Å². The maximum atomic E-state index is 12.3. The lowest BCUT2D eigenvalue weighted by Gasteiger charge is -2.21. The Balaban J connectivity index is 1.95. The molecule has 144 valence electrons. The van der Waals surface area contributed by atoms with Gasteiger partial charge < -0.3 is 14.8 Å². The fourth-order valence-electron chi connectivity index (χ4n) is 2.67. The van der Waals surface area contributed by atoms with E-state index >= 15 is 0 Å². The molecule has 0 spiro atoms. The molecule has 0 bridgehead atoms. The van der Waals surface area contributed by atoms with Crippen molar-refractivity contribution >= 4 is 17.6 Å². The fraction of sp³-hybridized carbons (Fsp3) is 0.333. The van der Waals surface area contributed by atoms with E-state index in [4.69, 9.17) is 9.47 Å². The Labute approximate surface area is 160 Å². The van der Waals surface area contributed by atoms with Gasteiger partial charge in [0, 0.05) is 19.5 Å². The molecule has 0 unspecified atom stereocenters. The number of hydrogen-bond acceptors (Lipinski definition) is 5. The van der Waals surface area contributed by atoms with E-state index in [1.54, 1.807) is 26.2 Å². The van der Waals surface area contributed by atoms with Crippen molar-refractivity contribution in [3.05, 3.63) is 60.2 Å². The molecule has 0 aliphatic rings. The molecule has 27 heavy (non-hydrogen) atoms. The number of benzene rings is 2. The average molecular weight is 370 g/mol. The van der Waals surface area contributed by atoms with Gasteiger partial charge in [-0.25, -0.2) is 0 Å². The molecule has 2 rings (SSSR count). The Morgan fingerprint density at radius 2 is 1.74 bits per heavy atom. The number of ether oxygens (including phenoxy) is 2. The van der Waals surface area contributed by atoms with Crippen molar-refractivity contribution in [1.29, 1.82) is 0 Å². The zero-order valence-corrected chi connectivity index (χ0v) is 15.8. The van der Waals surface area contributed by atoms with Crippen molar-refractivity contribution in [3.8, 4) is 5.75 Å². The molecule has 2 aromatic carbocycles. The Morgan fingerprint density at radius 1 is 1.04 bits per heavy atom. The van der Waals surface area contributed by atoms with Crippen LogP contribution in [0.5, 0.6) is 5.75 Å². The van der Waals surface area contributed by atoms with Gasteiger partial charge in [-0.05, 0) is 24.6 Å². The number of carbonyl (C=O) groups is 2. The number of methoxy groups -OCH3 is 1. The second kappa shape index (κ2) is 11.0. The van der Waals surface area contributed by atoms with Crippen LogP contribution < -0.4 is 10.1 Å². The summed E-state index contributed by atoms with van der Waals surface area (Å²) >= 11 is 0. The number of para-hydroxylation sites is 2. The van der Waals surface area contributed by atoms with Gasteiger partial charge in [-0.1, -0.05) is 42.5 Å². The van der Waals surface area contributed by atoms with Crippen LogP contribution in [0.3, 0.4) is 0 Å². The van der Waals surface area contributed by atoms with Gasteiger partial charge in [-0.15, -0.1) is 0 Å². The van der Waals surface area contributed by atoms with Crippen molar-refractivity contribution in [2.75, 3.05) is 32.1 Å². The number of nitrogens with zero attached hydrogens (tertiary/aromatic N) is 1. The average Bonchev–Trinajstić information content (AvgIpc) is 2.67. The highest BCUT2D eigenvalue weighted by atomic mass is 16.5. The van der Waals surface area contributed by atoms with Crippen LogP contribution >= 0.6 is 0 Å². The summed E-state index contributed by atoms with van der Waals surface area (Å²) in [6.07, 6.45) is 0.254. The van der Waals surface area contributed by atoms with E-state index < -0.39 is 0 Å². The molecule has 2 aromatic rings.